The number of rotatable bonds is 3. The molecule has 0 spiro atoms. The molecule has 100 valence electrons. The standard InChI is InChI=1S/C15H18ClN3/c1-10(2)4-5-11(9-17)14-8-12-13(16)6-7-18-15(12)19(14)3/h4-10H,17H2,1-3H3/b5-4-,11-9+. The lowest BCUT2D eigenvalue weighted by Gasteiger charge is -2.04. The Morgan fingerprint density at radius 1 is 1.47 bits per heavy atom. The highest BCUT2D eigenvalue weighted by Gasteiger charge is 2.11. The lowest BCUT2D eigenvalue weighted by atomic mass is 10.1. The van der Waals surface area contributed by atoms with Crippen LogP contribution in [-0.4, -0.2) is 9.55 Å². The number of pyridine rings is 1. The van der Waals surface area contributed by atoms with E-state index in [4.69, 9.17) is 17.3 Å². The van der Waals surface area contributed by atoms with Gasteiger partial charge in [-0.25, -0.2) is 4.98 Å². The van der Waals surface area contributed by atoms with Gasteiger partial charge in [-0.3, -0.25) is 0 Å². The van der Waals surface area contributed by atoms with Crippen molar-refractivity contribution in [2.45, 2.75) is 13.8 Å². The zero-order chi connectivity index (χ0) is 14.0. The zero-order valence-electron chi connectivity index (χ0n) is 11.4. The van der Waals surface area contributed by atoms with E-state index in [0.29, 0.717) is 10.9 Å². The predicted molar refractivity (Wildman–Crippen MR) is 81.9 cm³/mol. The van der Waals surface area contributed by atoms with Gasteiger partial charge in [0.1, 0.15) is 5.65 Å². The van der Waals surface area contributed by atoms with Crippen molar-refractivity contribution >= 4 is 28.2 Å². The van der Waals surface area contributed by atoms with Crippen molar-refractivity contribution < 1.29 is 0 Å². The predicted octanol–water partition coefficient (Wildman–Crippen LogP) is 3.74. The van der Waals surface area contributed by atoms with Gasteiger partial charge in [0.2, 0.25) is 0 Å². The summed E-state index contributed by atoms with van der Waals surface area (Å²) >= 11 is 6.20. The molecule has 2 aromatic rings. The van der Waals surface area contributed by atoms with E-state index in [9.17, 15) is 0 Å². The van der Waals surface area contributed by atoms with E-state index in [1.807, 2.05) is 23.8 Å². The summed E-state index contributed by atoms with van der Waals surface area (Å²) in [5.74, 6) is 0.478. The molecule has 0 unspecified atom stereocenters. The van der Waals surface area contributed by atoms with Gasteiger partial charge in [-0.1, -0.05) is 37.6 Å². The van der Waals surface area contributed by atoms with Gasteiger partial charge in [-0.2, -0.15) is 0 Å². The quantitative estimate of drug-likeness (QED) is 0.867. The topological polar surface area (TPSA) is 43.8 Å². The third-order valence-corrected chi connectivity index (χ3v) is 3.34. The normalized spacial score (nSPS) is 13.0. The first-order valence-electron chi connectivity index (χ1n) is 6.25. The van der Waals surface area contributed by atoms with Gasteiger partial charge in [0.25, 0.3) is 0 Å². The molecule has 0 saturated heterocycles. The minimum Gasteiger partial charge on any atom is -0.404 e. The Labute approximate surface area is 118 Å². The molecule has 19 heavy (non-hydrogen) atoms. The molecule has 0 saturated carbocycles. The number of nitrogens with two attached hydrogens (primary N) is 1. The smallest absolute Gasteiger partial charge is 0.141 e. The monoisotopic (exact) mass is 275 g/mol. The molecule has 2 heterocycles. The first-order chi connectivity index (χ1) is 9.04. The largest absolute Gasteiger partial charge is 0.404 e. The maximum absolute atomic E-state index is 6.20. The highest BCUT2D eigenvalue weighted by atomic mass is 35.5. The molecule has 2 aromatic heterocycles. The molecule has 2 N–H and O–H groups in total. The summed E-state index contributed by atoms with van der Waals surface area (Å²) in [7, 11) is 1.97. The van der Waals surface area contributed by atoms with Crippen LogP contribution in [0.4, 0.5) is 0 Å². The van der Waals surface area contributed by atoms with Crippen LogP contribution in [0, 0.1) is 5.92 Å². The van der Waals surface area contributed by atoms with Crippen LogP contribution in [0.1, 0.15) is 19.5 Å². The Morgan fingerprint density at radius 2 is 2.21 bits per heavy atom. The fourth-order valence-corrected chi connectivity index (χ4v) is 2.18. The number of hydrogen-bond donors (Lipinski definition) is 1. The number of aromatic nitrogens is 2. The Balaban J connectivity index is 2.56. The van der Waals surface area contributed by atoms with E-state index in [1.54, 1.807) is 18.5 Å². The molecule has 0 amide bonds. The number of allylic oxidation sites excluding steroid dienone is 3. The van der Waals surface area contributed by atoms with Gasteiger partial charge >= 0.3 is 0 Å². The Hall–Kier alpha value is -1.74. The minimum absolute atomic E-state index is 0.478. The van der Waals surface area contributed by atoms with Crippen molar-refractivity contribution in [2.75, 3.05) is 0 Å². The van der Waals surface area contributed by atoms with Crippen molar-refractivity contribution in [1.29, 1.82) is 0 Å². The second-order valence-electron chi connectivity index (χ2n) is 4.84. The highest BCUT2D eigenvalue weighted by molar-refractivity contribution is 6.35. The van der Waals surface area contributed by atoms with Crippen molar-refractivity contribution in [2.24, 2.45) is 18.7 Å². The third kappa shape index (κ3) is 2.66. The van der Waals surface area contributed by atoms with E-state index < -0.39 is 0 Å². The first kappa shape index (κ1) is 13.7. The maximum atomic E-state index is 6.20. The van der Waals surface area contributed by atoms with Gasteiger partial charge in [0.15, 0.2) is 0 Å². The summed E-state index contributed by atoms with van der Waals surface area (Å²) in [5, 5.41) is 1.65. The van der Waals surface area contributed by atoms with Crippen LogP contribution in [0.3, 0.4) is 0 Å². The van der Waals surface area contributed by atoms with Crippen LogP contribution >= 0.6 is 11.6 Å². The Bertz CT molecular complexity index is 651. The zero-order valence-corrected chi connectivity index (χ0v) is 12.1. The molecule has 4 heteroatoms. The number of aryl methyl sites for hydroxylation is 1. The molecule has 0 fully saturated rings. The fraction of sp³-hybridized carbons (Fsp3) is 0.267. The minimum atomic E-state index is 0.478. The van der Waals surface area contributed by atoms with Crippen molar-refractivity contribution in [3.05, 3.63) is 47.4 Å². The lowest BCUT2D eigenvalue weighted by Crippen LogP contribution is -1.97. The lowest BCUT2D eigenvalue weighted by molar-refractivity contribution is 0.832. The average molecular weight is 276 g/mol. The molecular formula is C15H18ClN3. The Morgan fingerprint density at radius 3 is 2.79 bits per heavy atom. The maximum Gasteiger partial charge on any atom is 0.141 e. The Kier molecular flexibility index (Phi) is 3.96. The van der Waals surface area contributed by atoms with E-state index in [2.05, 4.69) is 24.9 Å². The number of halogens is 1. The molecule has 3 nitrogen and oxygen atoms in total. The van der Waals surface area contributed by atoms with Gasteiger partial charge in [0, 0.05) is 30.4 Å². The van der Waals surface area contributed by atoms with Crippen molar-refractivity contribution in [3.8, 4) is 0 Å². The molecule has 0 aliphatic rings. The van der Waals surface area contributed by atoms with Crippen molar-refractivity contribution in [3.63, 3.8) is 0 Å². The van der Waals surface area contributed by atoms with Gasteiger partial charge < -0.3 is 10.3 Å². The molecule has 0 aliphatic carbocycles. The molecular weight excluding hydrogens is 258 g/mol. The molecule has 0 bridgehead atoms. The van der Waals surface area contributed by atoms with Crippen LogP contribution in [0.2, 0.25) is 5.02 Å². The second kappa shape index (κ2) is 5.49. The van der Waals surface area contributed by atoms with E-state index in [-0.39, 0.29) is 0 Å². The molecule has 0 radical (unpaired) electrons. The molecule has 0 atom stereocenters. The third-order valence-electron chi connectivity index (χ3n) is 3.01. The van der Waals surface area contributed by atoms with E-state index in [0.717, 1.165) is 22.3 Å². The average Bonchev–Trinajstić information content (AvgIpc) is 2.70. The van der Waals surface area contributed by atoms with Gasteiger partial charge in [-0.05, 0) is 18.1 Å². The summed E-state index contributed by atoms with van der Waals surface area (Å²) in [6.45, 7) is 4.26. The summed E-state index contributed by atoms with van der Waals surface area (Å²) in [4.78, 5) is 4.36. The number of fused-ring (bicyclic) bond motifs is 1. The van der Waals surface area contributed by atoms with Crippen LogP contribution in [0.15, 0.2) is 36.7 Å². The highest BCUT2D eigenvalue weighted by Crippen LogP contribution is 2.28. The van der Waals surface area contributed by atoms with E-state index in [1.165, 1.54) is 0 Å². The molecule has 0 aliphatic heterocycles. The first-order valence-corrected chi connectivity index (χ1v) is 6.62. The SMILES string of the molecule is CC(C)/C=C\C(=C/N)c1cc2c(Cl)ccnc2n1C. The number of hydrogen-bond acceptors (Lipinski definition) is 2. The second-order valence-corrected chi connectivity index (χ2v) is 5.25. The molecule has 2 rings (SSSR count). The molecule has 0 aromatic carbocycles. The van der Waals surface area contributed by atoms with Gasteiger partial charge in [0.05, 0.1) is 10.7 Å². The van der Waals surface area contributed by atoms with Crippen LogP contribution in [0.25, 0.3) is 16.6 Å². The summed E-state index contributed by atoms with van der Waals surface area (Å²) in [6, 6.07) is 3.82. The summed E-state index contributed by atoms with van der Waals surface area (Å²) in [5.41, 5.74) is 8.57. The van der Waals surface area contributed by atoms with Crippen LogP contribution < -0.4 is 5.73 Å². The van der Waals surface area contributed by atoms with Crippen molar-refractivity contribution in [1.82, 2.24) is 9.55 Å². The van der Waals surface area contributed by atoms with E-state index >= 15 is 0 Å². The number of nitrogens with zero attached hydrogens (tertiary/aromatic N) is 2. The van der Waals surface area contributed by atoms with Crippen LogP contribution in [-0.2, 0) is 7.05 Å². The summed E-state index contributed by atoms with van der Waals surface area (Å²) < 4.78 is 2.00. The summed E-state index contributed by atoms with van der Waals surface area (Å²) in [6.07, 6.45) is 7.48. The van der Waals surface area contributed by atoms with Crippen LogP contribution in [0.5, 0.6) is 0 Å². The van der Waals surface area contributed by atoms with Gasteiger partial charge in [-0.15, -0.1) is 0 Å². The fourth-order valence-electron chi connectivity index (χ4n) is 1.99.